The van der Waals surface area contributed by atoms with E-state index in [0.717, 1.165) is 17.3 Å². The van der Waals surface area contributed by atoms with Crippen molar-refractivity contribution in [3.8, 4) is 0 Å². The highest BCUT2D eigenvalue weighted by atomic mass is 32.2. The summed E-state index contributed by atoms with van der Waals surface area (Å²) in [5.74, 6) is 1.10. The summed E-state index contributed by atoms with van der Waals surface area (Å²) < 4.78 is 1.80. The van der Waals surface area contributed by atoms with Gasteiger partial charge in [-0.2, -0.15) is 0 Å². The minimum Gasteiger partial charge on any atom is -0.300 e. The molecule has 2 aromatic heterocycles. The molecule has 7 heteroatoms. The van der Waals surface area contributed by atoms with Gasteiger partial charge in [0.05, 0.1) is 6.54 Å². The number of rotatable bonds is 7. The highest BCUT2D eigenvalue weighted by Crippen LogP contribution is 2.18. The number of aromatic nitrogens is 4. The van der Waals surface area contributed by atoms with Gasteiger partial charge in [-0.25, -0.2) is 4.68 Å². The number of ketones is 1. The Morgan fingerprint density at radius 2 is 2.44 bits per heavy atom. The summed E-state index contributed by atoms with van der Waals surface area (Å²) >= 11 is 3.29. The zero-order chi connectivity index (χ0) is 12.8. The first-order valence-corrected chi connectivity index (χ1v) is 7.53. The van der Waals surface area contributed by atoms with E-state index in [9.17, 15) is 4.79 Å². The van der Waals surface area contributed by atoms with Gasteiger partial charge in [-0.15, -0.1) is 16.4 Å². The van der Waals surface area contributed by atoms with Crippen LogP contribution in [0.3, 0.4) is 0 Å². The number of carbonyl (C=O) groups excluding carboxylic acids is 1. The lowest BCUT2D eigenvalue weighted by Gasteiger charge is -2.02. The second-order valence-corrected chi connectivity index (χ2v) is 5.95. The normalized spacial score (nSPS) is 10.7. The molecule has 0 unspecified atom stereocenters. The molecule has 5 nitrogen and oxygen atoms in total. The average molecular weight is 282 g/mol. The van der Waals surface area contributed by atoms with Crippen LogP contribution >= 0.6 is 23.1 Å². The molecule has 0 saturated heterocycles. The molecule has 0 aliphatic rings. The van der Waals surface area contributed by atoms with E-state index in [0.29, 0.717) is 13.0 Å². The Hall–Kier alpha value is -1.21. The van der Waals surface area contributed by atoms with Gasteiger partial charge in [0.2, 0.25) is 5.16 Å². The van der Waals surface area contributed by atoms with Gasteiger partial charge in [-0.3, -0.25) is 0 Å². The summed E-state index contributed by atoms with van der Waals surface area (Å²) in [5, 5.41) is 14.5. The minimum atomic E-state index is 0.230. The third-order valence-corrected chi connectivity index (χ3v) is 4.19. The van der Waals surface area contributed by atoms with Crippen LogP contribution in [-0.2, 0) is 11.3 Å². The second-order valence-electron chi connectivity index (χ2n) is 3.85. The maximum atomic E-state index is 10.8. The monoisotopic (exact) mass is 282 g/mol. The van der Waals surface area contributed by atoms with E-state index < -0.39 is 0 Å². The molecule has 0 aromatic carbocycles. The fraction of sp³-hybridized carbons (Fsp3) is 0.455. The van der Waals surface area contributed by atoms with Crippen LogP contribution in [0.15, 0.2) is 22.7 Å². The van der Waals surface area contributed by atoms with Crippen molar-refractivity contribution in [3.63, 3.8) is 0 Å². The highest BCUT2D eigenvalue weighted by molar-refractivity contribution is 7.99. The van der Waals surface area contributed by atoms with Crippen molar-refractivity contribution in [3.05, 3.63) is 22.4 Å². The van der Waals surface area contributed by atoms with Crippen molar-refractivity contribution in [2.45, 2.75) is 31.5 Å². The molecule has 0 bridgehead atoms. The predicted molar refractivity (Wildman–Crippen MR) is 71.9 cm³/mol. The van der Waals surface area contributed by atoms with Gasteiger partial charge in [-0.05, 0) is 35.2 Å². The van der Waals surface area contributed by atoms with Crippen LogP contribution in [0.25, 0.3) is 0 Å². The molecule has 0 saturated carbocycles. The van der Waals surface area contributed by atoms with Crippen LogP contribution in [0.2, 0.25) is 0 Å². The van der Waals surface area contributed by atoms with E-state index in [1.165, 1.54) is 4.88 Å². The number of hydrogen-bond acceptors (Lipinski definition) is 6. The van der Waals surface area contributed by atoms with E-state index in [4.69, 9.17) is 0 Å². The number of thiophene rings is 1. The fourth-order valence-corrected chi connectivity index (χ4v) is 2.94. The number of nitrogens with zero attached hydrogens (tertiary/aromatic N) is 4. The highest BCUT2D eigenvalue weighted by Gasteiger charge is 2.07. The maximum Gasteiger partial charge on any atom is 0.209 e. The van der Waals surface area contributed by atoms with Crippen molar-refractivity contribution >= 4 is 28.9 Å². The standard InChI is InChI=1S/C11H14N4OS2/c1-9(16)4-2-7-18-11-12-13-14-15(11)8-10-5-3-6-17-10/h3,5-6H,2,4,7-8H2,1H3. The Morgan fingerprint density at radius 1 is 1.56 bits per heavy atom. The molecule has 18 heavy (non-hydrogen) atoms. The van der Waals surface area contributed by atoms with E-state index in [-0.39, 0.29) is 5.78 Å². The largest absolute Gasteiger partial charge is 0.300 e. The smallest absolute Gasteiger partial charge is 0.209 e. The molecule has 0 aliphatic carbocycles. The van der Waals surface area contributed by atoms with Crippen LogP contribution in [0, 0.1) is 0 Å². The molecule has 0 N–H and O–H groups in total. The summed E-state index contributed by atoms with van der Waals surface area (Å²) in [6.07, 6.45) is 1.49. The number of carbonyl (C=O) groups is 1. The van der Waals surface area contributed by atoms with Crippen LogP contribution < -0.4 is 0 Å². The van der Waals surface area contributed by atoms with Gasteiger partial charge in [-0.1, -0.05) is 17.8 Å². The molecule has 96 valence electrons. The fourth-order valence-electron chi connectivity index (χ4n) is 1.43. The minimum absolute atomic E-state index is 0.230. The number of tetrazole rings is 1. The van der Waals surface area contributed by atoms with E-state index >= 15 is 0 Å². The Labute approximate surface area is 114 Å². The molecular formula is C11H14N4OS2. The van der Waals surface area contributed by atoms with Crippen molar-refractivity contribution in [1.29, 1.82) is 0 Å². The molecule has 0 fully saturated rings. The van der Waals surface area contributed by atoms with Crippen LogP contribution in [0.4, 0.5) is 0 Å². The lowest BCUT2D eigenvalue weighted by atomic mass is 10.3. The Morgan fingerprint density at radius 3 is 3.17 bits per heavy atom. The van der Waals surface area contributed by atoms with Gasteiger partial charge in [0.15, 0.2) is 0 Å². The lowest BCUT2D eigenvalue weighted by Crippen LogP contribution is -2.02. The van der Waals surface area contributed by atoms with Gasteiger partial charge < -0.3 is 4.79 Å². The molecule has 0 radical (unpaired) electrons. The Bertz CT molecular complexity index is 495. The first-order valence-electron chi connectivity index (χ1n) is 5.66. The number of Topliss-reactive ketones (excluding diaryl/α,β-unsaturated/α-hetero) is 1. The summed E-state index contributed by atoms with van der Waals surface area (Å²) in [7, 11) is 0. The molecule has 0 spiro atoms. The molecule has 2 rings (SSSR count). The topological polar surface area (TPSA) is 60.7 Å². The van der Waals surface area contributed by atoms with Crippen molar-refractivity contribution in [2.75, 3.05) is 5.75 Å². The molecule has 0 aliphatic heterocycles. The Kier molecular flexibility index (Phi) is 4.89. The van der Waals surface area contributed by atoms with Crippen molar-refractivity contribution in [2.24, 2.45) is 0 Å². The second kappa shape index (κ2) is 6.65. The van der Waals surface area contributed by atoms with Gasteiger partial charge >= 0.3 is 0 Å². The van der Waals surface area contributed by atoms with Gasteiger partial charge in [0, 0.05) is 17.1 Å². The number of hydrogen-bond donors (Lipinski definition) is 0. The van der Waals surface area contributed by atoms with E-state index in [1.807, 2.05) is 11.4 Å². The van der Waals surface area contributed by atoms with Crippen molar-refractivity contribution < 1.29 is 4.79 Å². The third kappa shape index (κ3) is 3.92. The molecule has 0 atom stereocenters. The third-order valence-electron chi connectivity index (χ3n) is 2.29. The summed E-state index contributed by atoms with van der Waals surface area (Å²) in [5.41, 5.74) is 0. The lowest BCUT2D eigenvalue weighted by molar-refractivity contribution is -0.117. The summed E-state index contributed by atoms with van der Waals surface area (Å²) in [4.78, 5) is 12.1. The van der Waals surface area contributed by atoms with Crippen molar-refractivity contribution in [1.82, 2.24) is 20.2 Å². The summed E-state index contributed by atoms with van der Waals surface area (Å²) in [6.45, 7) is 2.32. The predicted octanol–water partition coefficient (Wildman–Crippen LogP) is 2.24. The molecular weight excluding hydrogens is 268 g/mol. The Balaban J connectivity index is 1.85. The van der Waals surface area contributed by atoms with Gasteiger partial charge in [0.25, 0.3) is 0 Å². The van der Waals surface area contributed by atoms with Gasteiger partial charge in [0.1, 0.15) is 5.78 Å². The summed E-state index contributed by atoms with van der Waals surface area (Å²) in [6, 6.07) is 4.08. The van der Waals surface area contributed by atoms with Crippen LogP contribution in [0.5, 0.6) is 0 Å². The first kappa shape index (κ1) is 13.2. The quantitative estimate of drug-likeness (QED) is 0.576. The zero-order valence-electron chi connectivity index (χ0n) is 10.1. The SMILES string of the molecule is CC(=O)CCCSc1nnnn1Cc1cccs1. The van der Waals surface area contributed by atoms with Crippen LogP contribution in [-0.4, -0.2) is 31.7 Å². The zero-order valence-corrected chi connectivity index (χ0v) is 11.7. The molecule has 2 heterocycles. The first-order chi connectivity index (χ1) is 8.75. The average Bonchev–Trinajstić information content (AvgIpc) is 2.97. The van der Waals surface area contributed by atoms with E-state index in [2.05, 4.69) is 21.6 Å². The van der Waals surface area contributed by atoms with Crippen LogP contribution in [0.1, 0.15) is 24.6 Å². The molecule has 2 aromatic rings. The maximum absolute atomic E-state index is 10.8. The van der Waals surface area contributed by atoms with E-state index in [1.54, 1.807) is 34.7 Å². The number of thioether (sulfide) groups is 1. The molecule has 0 amide bonds.